The average molecular weight is 1110 g/mol. The van der Waals surface area contributed by atoms with E-state index in [9.17, 15) is 14.4 Å². The van der Waals surface area contributed by atoms with E-state index in [1.165, 1.54) is 0 Å². The fourth-order valence-electron chi connectivity index (χ4n) is 10.1. The van der Waals surface area contributed by atoms with Gasteiger partial charge in [0, 0.05) is 86.4 Å². The first kappa shape index (κ1) is 53.9. The number of rotatable bonds is 18. The van der Waals surface area contributed by atoms with Crippen molar-refractivity contribution in [3.63, 3.8) is 0 Å². The molecule has 0 bridgehead atoms. The van der Waals surface area contributed by atoms with E-state index in [2.05, 4.69) is 92.4 Å². The van der Waals surface area contributed by atoms with Crippen LogP contribution in [0.3, 0.4) is 0 Å². The fraction of sp³-hybridized carbons (Fsp3) is 0. The van der Waals surface area contributed by atoms with Crippen LogP contribution in [0.5, 0.6) is 17.2 Å². The number of ether oxygens (including phenoxy) is 3. The van der Waals surface area contributed by atoms with E-state index >= 15 is 0 Å². The molecule has 0 radical (unpaired) electrons. The molecule has 0 aromatic heterocycles. The van der Waals surface area contributed by atoms with Crippen LogP contribution in [0.15, 0.2) is 328 Å². The van der Waals surface area contributed by atoms with Crippen LogP contribution in [-0.2, 0) is 0 Å². The number of benzene rings is 12. The van der Waals surface area contributed by atoms with Gasteiger partial charge in [-0.3, -0.25) is 0 Å². The third-order valence-corrected chi connectivity index (χ3v) is 14.0. The zero-order valence-electron chi connectivity index (χ0n) is 45.9. The van der Waals surface area contributed by atoms with Crippen molar-refractivity contribution in [2.45, 2.75) is 0 Å². The van der Waals surface area contributed by atoms with Crippen molar-refractivity contribution in [2.75, 3.05) is 19.6 Å². The van der Waals surface area contributed by atoms with E-state index in [0.29, 0.717) is 33.9 Å². The Morgan fingerprint density at radius 3 is 0.588 bits per heavy atom. The zero-order chi connectivity index (χ0) is 57.7. The molecule has 410 valence electrons. The quantitative estimate of drug-likeness (QED) is 0.0611. The summed E-state index contributed by atoms with van der Waals surface area (Å²) in [6.45, 7) is 0. The average Bonchev–Trinajstić information content (AvgIpc) is 3.20. The van der Waals surface area contributed by atoms with Gasteiger partial charge >= 0.3 is 17.9 Å². The van der Waals surface area contributed by atoms with E-state index in [0.717, 1.165) is 68.2 Å². The van der Waals surface area contributed by atoms with Crippen molar-refractivity contribution in [3.05, 3.63) is 344 Å². The van der Waals surface area contributed by atoms with Gasteiger partial charge < -0.3 is 33.8 Å². The van der Waals surface area contributed by atoms with Gasteiger partial charge in [-0.1, -0.05) is 127 Å². The minimum absolute atomic E-state index is 0.414. The molecule has 0 fully saturated rings. The summed E-state index contributed by atoms with van der Waals surface area (Å²) in [5.74, 6) is -0.0857. The first-order valence-electron chi connectivity index (χ1n) is 27.7. The van der Waals surface area contributed by atoms with Gasteiger partial charge in [0.2, 0.25) is 0 Å². The Morgan fingerprint density at radius 2 is 0.365 bits per heavy atom. The molecule has 12 aromatic carbocycles. The van der Waals surface area contributed by atoms with Gasteiger partial charge in [0.25, 0.3) is 0 Å². The van der Waals surface area contributed by atoms with Crippen molar-refractivity contribution < 1.29 is 28.6 Å². The van der Waals surface area contributed by atoms with E-state index in [1.54, 1.807) is 54.6 Å². The molecule has 0 atom stereocenters. The molecule has 10 nitrogen and oxygen atoms in total. The molecular formula is C75H54N4O6. The van der Waals surface area contributed by atoms with Crippen LogP contribution in [-0.4, -0.2) is 17.9 Å². The van der Waals surface area contributed by atoms with Gasteiger partial charge in [0.15, 0.2) is 0 Å². The van der Waals surface area contributed by atoms with E-state index in [1.807, 2.05) is 200 Å². The van der Waals surface area contributed by atoms with Gasteiger partial charge in [0.05, 0.1) is 16.7 Å². The Morgan fingerprint density at radius 1 is 0.188 bits per heavy atom. The minimum atomic E-state index is -0.442. The normalized spacial score (nSPS) is 10.7. The van der Waals surface area contributed by atoms with Crippen molar-refractivity contribution >= 4 is 86.2 Å². The highest BCUT2D eigenvalue weighted by Gasteiger charge is 2.22. The highest BCUT2D eigenvalue weighted by molar-refractivity contribution is 5.93. The van der Waals surface area contributed by atoms with Gasteiger partial charge in [-0.25, -0.2) is 14.4 Å². The maximum absolute atomic E-state index is 13.2. The molecule has 0 saturated carbocycles. The van der Waals surface area contributed by atoms with Crippen molar-refractivity contribution in [2.24, 2.45) is 0 Å². The van der Waals surface area contributed by atoms with E-state index < -0.39 is 17.9 Å². The SMILES string of the molecule is O=C(Oc1cccc(N(c2ccccc2)c2ccc(N(c3ccc(N(c4ccccc4)c4cccc(OC(=O)c5ccccc5)c4)cc3)c3ccc(N(c4ccccc4)c4cccc(OC(=O)c5ccccc5)c4)cc3)cc2)c1)c1ccccc1. The molecule has 10 heteroatoms. The number of hydrogen-bond acceptors (Lipinski definition) is 10. The highest BCUT2D eigenvalue weighted by atomic mass is 16.5. The van der Waals surface area contributed by atoms with Gasteiger partial charge in [-0.2, -0.15) is 0 Å². The maximum Gasteiger partial charge on any atom is 0.343 e. The van der Waals surface area contributed by atoms with Crippen LogP contribution in [0.1, 0.15) is 31.1 Å². The van der Waals surface area contributed by atoms with Crippen LogP contribution >= 0.6 is 0 Å². The number of para-hydroxylation sites is 3. The zero-order valence-corrected chi connectivity index (χ0v) is 45.9. The molecule has 0 spiro atoms. The number of carbonyl (C=O) groups is 3. The second kappa shape index (κ2) is 25.4. The molecule has 0 N–H and O–H groups in total. The number of hydrogen-bond donors (Lipinski definition) is 0. The molecule has 12 aromatic rings. The Kier molecular flexibility index (Phi) is 16.1. The topological polar surface area (TPSA) is 91.9 Å². The summed E-state index contributed by atoms with van der Waals surface area (Å²) in [6.07, 6.45) is 0. The summed E-state index contributed by atoms with van der Waals surface area (Å²) in [6, 6.07) is 105. The molecule has 0 aliphatic carbocycles. The Labute approximate surface area is 493 Å². The second-order valence-electron chi connectivity index (χ2n) is 19.7. The lowest BCUT2D eigenvalue weighted by Crippen LogP contribution is -2.14. The number of anilines is 12. The van der Waals surface area contributed by atoms with Crippen LogP contribution in [0.4, 0.5) is 68.2 Å². The lowest BCUT2D eigenvalue weighted by atomic mass is 10.1. The number of nitrogens with zero attached hydrogens (tertiary/aromatic N) is 4. The third-order valence-electron chi connectivity index (χ3n) is 14.0. The Hall–Kier alpha value is -11.8. The fourth-order valence-corrected chi connectivity index (χ4v) is 10.1. The summed E-state index contributed by atoms with van der Waals surface area (Å²) in [5, 5.41) is 0. The number of esters is 3. The number of carbonyl (C=O) groups excluding carboxylic acids is 3. The summed E-state index contributed by atoms with van der Waals surface area (Å²) in [5.41, 5.74) is 11.8. The lowest BCUT2D eigenvalue weighted by Gasteiger charge is -2.30. The highest BCUT2D eigenvalue weighted by Crippen LogP contribution is 2.44. The van der Waals surface area contributed by atoms with Gasteiger partial charge in [0.1, 0.15) is 17.2 Å². The molecule has 0 saturated heterocycles. The summed E-state index contributed by atoms with van der Waals surface area (Å²) >= 11 is 0. The van der Waals surface area contributed by atoms with Crippen LogP contribution in [0, 0.1) is 0 Å². The molecule has 12 rings (SSSR count). The first-order chi connectivity index (χ1) is 41.9. The third kappa shape index (κ3) is 12.6. The Balaban J connectivity index is 0.919. The molecule has 0 amide bonds. The van der Waals surface area contributed by atoms with Crippen molar-refractivity contribution in [3.8, 4) is 17.2 Å². The summed E-state index contributed by atoms with van der Waals surface area (Å²) < 4.78 is 17.7. The largest absolute Gasteiger partial charge is 0.423 e. The predicted octanol–water partition coefficient (Wildman–Crippen LogP) is 19.2. The molecule has 85 heavy (non-hydrogen) atoms. The van der Waals surface area contributed by atoms with E-state index in [-0.39, 0.29) is 0 Å². The van der Waals surface area contributed by atoms with Crippen LogP contribution in [0.25, 0.3) is 0 Å². The minimum Gasteiger partial charge on any atom is -0.423 e. The standard InChI is InChI=1S/C75H54N4O6/c80-73(55-22-7-1-8-23-55)83-70-37-19-34-67(52-70)77(58-28-13-4-14-29-58)64-46-40-61(41-47-64)76(62-42-48-65(49-43-62)78(59-30-15-5-16-31-59)68-35-20-38-71(53-68)84-74(81)56-24-9-2-10-25-56)63-44-50-66(51-45-63)79(60-32-17-6-18-33-60)69-36-21-39-72(54-69)85-75(82)57-26-11-3-12-27-57/h1-54H. The molecule has 0 aliphatic rings. The first-order valence-corrected chi connectivity index (χ1v) is 27.7. The van der Waals surface area contributed by atoms with Crippen molar-refractivity contribution in [1.82, 2.24) is 0 Å². The lowest BCUT2D eigenvalue weighted by molar-refractivity contribution is 0.0725. The second-order valence-corrected chi connectivity index (χ2v) is 19.7. The molecular weight excluding hydrogens is 1050 g/mol. The van der Waals surface area contributed by atoms with Crippen LogP contribution < -0.4 is 33.8 Å². The molecule has 0 unspecified atom stereocenters. The van der Waals surface area contributed by atoms with E-state index in [4.69, 9.17) is 14.2 Å². The smallest absolute Gasteiger partial charge is 0.343 e. The van der Waals surface area contributed by atoms with Crippen molar-refractivity contribution in [1.29, 1.82) is 0 Å². The van der Waals surface area contributed by atoms with Gasteiger partial charge in [-0.15, -0.1) is 0 Å². The van der Waals surface area contributed by atoms with Crippen LogP contribution in [0.2, 0.25) is 0 Å². The predicted molar refractivity (Wildman–Crippen MR) is 339 cm³/mol. The maximum atomic E-state index is 13.2. The van der Waals surface area contributed by atoms with Gasteiger partial charge in [-0.05, 0) is 182 Å². The molecule has 0 heterocycles. The molecule has 0 aliphatic heterocycles. The summed E-state index contributed by atoms with van der Waals surface area (Å²) in [4.78, 5) is 48.3. The monoisotopic (exact) mass is 1110 g/mol. The summed E-state index contributed by atoms with van der Waals surface area (Å²) in [7, 11) is 0. The Bertz CT molecular complexity index is 3760.